The van der Waals surface area contributed by atoms with E-state index in [1.807, 2.05) is 0 Å². The molecule has 0 bridgehead atoms. The van der Waals surface area contributed by atoms with Gasteiger partial charge in [0.15, 0.2) is 0 Å². The van der Waals surface area contributed by atoms with Crippen LogP contribution >= 0.6 is 7.72 Å². The van der Waals surface area contributed by atoms with E-state index in [0.29, 0.717) is 0 Å². The van der Waals surface area contributed by atoms with Crippen molar-refractivity contribution in [3.8, 4) is 11.5 Å². The van der Waals surface area contributed by atoms with Crippen LogP contribution in [0.15, 0.2) is 315 Å². The van der Waals surface area contributed by atoms with Crippen LogP contribution in [0.1, 0.15) is 200 Å². The summed E-state index contributed by atoms with van der Waals surface area (Å²) < 4.78 is 18.4. The van der Waals surface area contributed by atoms with E-state index in [2.05, 4.69) is 426 Å². The van der Waals surface area contributed by atoms with Crippen molar-refractivity contribution in [2.45, 2.75) is 205 Å². The van der Waals surface area contributed by atoms with Gasteiger partial charge in [-0.05, 0) is 0 Å². The Morgan fingerprint density at radius 1 is 0.187 bits per heavy atom. The summed E-state index contributed by atoms with van der Waals surface area (Å²) in [5.74, 6) is 1.67. The molecule has 0 aromatic heterocycles. The Hall–Kier alpha value is -9.33. The van der Waals surface area contributed by atoms with Crippen LogP contribution in [0, 0.1) is 0 Å². The first-order chi connectivity index (χ1) is 50.9. The molecule has 2 nitrogen and oxygen atoms in total. The van der Waals surface area contributed by atoms with Gasteiger partial charge in [0.1, 0.15) is 0 Å². The minimum absolute atomic E-state index is 0.258. The molecule has 550 valence electrons. The predicted molar refractivity (Wildman–Crippen MR) is 460 cm³/mol. The monoisotopic (exact) mass is 1430 g/mol. The number of hydrogen-bond acceptors (Lipinski definition) is 2. The summed E-state index contributed by atoms with van der Waals surface area (Å²) in [7, 11) is -4.54. The number of hydrogen-bond donors (Lipinski definition) is 0. The molecule has 0 aliphatic heterocycles. The summed E-state index contributed by atoms with van der Waals surface area (Å²) in [6.07, 6.45) is 6.56. The van der Waals surface area contributed by atoms with E-state index in [-0.39, 0.29) is 21.7 Å². The van der Waals surface area contributed by atoms with Crippen LogP contribution in [0.2, 0.25) is 0 Å². The van der Waals surface area contributed by atoms with Gasteiger partial charge < -0.3 is 0 Å². The Kier molecular flexibility index (Phi) is 23.0. The number of benzene rings is 12. The van der Waals surface area contributed by atoms with Crippen LogP contribution in [0.4, 0.5) is 0 Å². The molecule has 0 fully saturated rings. The van der Waals surface area contributed by atoms with Gasteiger partial charge in [0, 0.05) is 0 Å². The van der Waals surface area contributed by atoms with Gasteiger partial charge in [0.2, 0.25) is 0 Å². The third-order valence-corrected chi connectivity index (χ3v) is 26.5. The molecular weight excluding hydrogens is 1310 g/mol. The van der Waals surface area contributed by atoms with E-state index in [0.717, 1.165) is 84.6 Å². The van der Waals surface area contributed by atoms with Crippen molar-refractivity contribution in [1.29, 1.82) is 0 Å². The van der Waals surface area contributed by atoms with Gasteiger partial charge in [-0.15, -0.1) is 0 Å². The standard InChI is InChI=1S/C104H117O2P/c1-97(2,69-77-41-25-17-26-42-77)85-57-61-93(89(65-85)101(9,10)73-81-49-33-21-34-50-81)105-107(95-63-59-87(99(5,6)71-79-45-29-19-30-46-79)67-91(95)103(13,14)75-83-53-37-23-38-54-83,96-64-60-88(100(7,8)72-80-47-31-20-32-48-80)68-92(96)104(15,16)76-84-55-39-24-40-56-84)106-94-62-58-86(98(3,4)70-78-43-27-18-28-44-78)66-90(94)102(11,12)74-82-51-35-22-36-52-82/h17-68,107H,69-76H2,1-16H3. The summed E-state index contributed by atoms with van der Waals surface area (Å²) in [6, 6.07) is 118. The van der Waals surface area contributed by atoms with E-state index >= 15 is 0 Å². The molecule has 12 aromatic rings. The van der Waals surface area contributed by atoms with Crippen LogP contribution in [0.25, 0.3) is 0 Å². The fraction of sp³-hybridized carbons (Fsp3) is 0.308. The van der Waals surface area contributed by atoms with E-state index in [9.17, 15) is 9.05 Å². The predicted octanol–water partition coefficient (Wildman–Crippen LogP) is 25.5. The molecule has 0 heterocycles. The Balaban J connectivity index is 1.25. The Bertz CT molecular complexity index is 4560. The SMILES string of the molecule is CC(C)(Cc1ccccc1)c1ccc(O[PH](Oc2ccc(C(C)(C)Cc3ccccc3)cc2C(C)(C)Cc2ccccc2)(c2ccc(C(C)(C)Cc3ccccc3)cc2C(C)(C)Cc2ccccc2)c2ccc(C(C)(C)Cc3ccccc3)cc2C(C)(C)Cc2ccccc2)c(C(C)(C)Cc2ccccc2)c1. The Morgan fingerprint density at radius 3 is 0.561 bits per heavy atom. The average molecular weight is 1430 g/mol. The summed E-state index contributed by atoms with van der Waals surface area (Å²) in [4.78, 5) is 0. The van der Waals surface area contributed by atoms with Crippen molar-refractivity contribution in [3.63, 3.8) is 0 Å². The maximum atomic E-state index is 9.21. The molecule has 0 saturated heterocycles. The van der Waals surface area contributed by atoms with Crippen LogP contribution in [0.3, 0.4) is 0 Å². The van der Waals surface area contributed by atoms with Gasteiger partial charge in [-0.1, -0.05) is 0 Å². The van der Waals surface area contributed by atoms with Gasteiger partial charge in [0.05, 0.1) is 0 Å². The zero-order valence-corrected chi connectivity index (χ0v) is 68.0. The molecular formula is C104H117O2P. The topological polar surface area (TPSA) is 18.5 Å². The van der Waals surface area contributed by atoms with Crippen LogP contribution in [-0.4, -0.2) is 0 Å². The molecule has 0 aliphatic rings. The Morgan fingerprint density at radius 2 is 0.355 bits per heavy atom. The second kappa shape index (κ2) is 31.9. The zero-order chi connectivity index (χ0) is 75.9. The molecule has 0 unspecified atom stereocenters. The minimum atomic E-state index is -4.54. The maximum absolute atomic E-state index is 9.21. The molecule has 0 aliphatic carbocycles. The van der Waals surface area contributed by atoms with Crippen LogP contribution in [0.5, 0.6) is 11.5 Å². The molecule has 0 saturated carbocycles. The molecule has 0 amide bonds. The summed E-state index contributed by atoms with van der Waals surface area (Å²) in [5.41, 5.74) is 17.2. The van der Waals surface area contributed by atoms with Crippen molar-refractivity contribution in [2.24, 2.45) is 0 Å². The van der Waals surface area contributed by atoms with Gasteiger partial charge in [-0.25, -0.2) is 0 Å². The van der Waals surface area contributed by atoms with Gasteiger partial charge in [-0.2, -0.15) is 0 Å². The first-order valence-electron chi connectivity index (χ1n) is 39.2. The molecule has 0 radical (unpaired) electrons. The van der Waals surface area contributed by atoms with Crippen LogP contribution in [-0.2, 0) is 94.7 Å². The second-order valence-electron chi connectivity index (χ2n) is 36.1. The first-order valence-corrected chi connectivity index (χ1v) is 41.0. The summed E-state index contributed by atoms with van der Waals surface area (Å²) in [5, 5.41) is 2.21. The van der Waals surface area contributed by atoms with Crippen molar-refractivity contribution < 1.29 is 9.05 Å². The molecule has 12 rings (SSSR count). The second-order valence-corrected chi connectivity index (χ2v) is 38.9. The van der Waals surface area contributed by atoms with E-state index in [4.69, 9.17) is 0 Å². The summed E-state index contributed by atoms with van der Waals surface area (Å²) >= 11 is 0. The average Bonchev–Trinajstić information content (AvgIpc) is 0.713. The van der Waals surface area contributed by atoms with Gasteiger partial charge >= 0.3 is 649 Å². The third kappa shape index (κ3) is 18.5. The van der Waals surface area contributed by atoms with Gasteiger partial charge in [0.25, 0.3) is 0 Å². The molecule has 3 heteroatoms. The Labute approximate surface area is 644 Å². The molecule has 0 atom stereocenters. The van der Waals surface area contributed by atoms with Crippen LogP contribution < -0.4 is 19.7 Å². The van der Waals surface area contributed by atoms with E-state index < -0.39 is 29.4 Å². The van der Waals surface area contributed by atoms with Crippen molar-refractivity contribution in [1.82, 2.24) is 0 Å². The van der Waals surface area contributed by atoms with Crippen molar-refractivity contribution in [2.75, 3.05) is 0 Å². The van der Waals surface area contributed by atoms with Gasteiger partial charge in [-0.3, -0.25) is 0 Å². The van der Waals surface area contributed by atoms with E-state index in [1.165, 1.54) is 77.9 Å². The fourth-order valence-electron chi connectivity index (χ4n) is 17.1. The summed E-state index contributed by atoms with van der Waals surface area (Å²) in [6.45, 7) is 39.1. The van der Waals surface area contributed by atoms with Crippen molar-refractivity contribution in [3.05, 3.63) is 404 Å². The quantitative estimate of drug-likeness (QED) is 0.0418. The molecule has 107 heavy (non-hydrogen) atoms. The first kappa shape index (κ1) is 77.3. The number of rotatable bonds is 30. The molecule has 0 N–H and O–H groups in total. The zero-order valence-electron chi connectivity index (χ0n) is 67.0. The third-order valence-electron chi connectivity index (χ3n) is 23.2. The normalized spacial score (nSPS) is 12.9. The molecule has 0 spiro atoms. The van der Waals surface area contributed by atoms with Crippen molar-refractivity contribution >= 4 is 18.3 Å². The fourth-order valence-corrected chi connectivity index (χ4v) is 21.0. The molecule has 12 aromatic carbocycles. The van der Waals surface area contributed by atoms with E-state index in [1.54, 1.807) is 0 Å².